The fourth-order valence-electron chi connectivity index (χ4n) is 10.1. The van der Waals surface area contributed by atoms with E-state index in [1.165, 1.54) is 0 Å². The highest BCUT2D eigenvalue weighted by molar-refractivity contribution is 6.14. The van der Waals surface area contributed by atoms with E-state index in [9.17, 15) is 15.8 Å². The Balaban J connectivity index is 1.14. The predicted molar refractivity (Wildman–Crippen MR) is 287 cm³/mol. The van der Waals surface area contributed by atoms with E-state index in [1.807, 2.05) is 97.1 Å². The van der Waals surface area contributed by atoms with E-state index < -0.39 is 0 Å². The third-order valence-corrected chi connectivity index (χ3v) is 13.5. The normalized spacial score (nSPS) is 11.0. The summed E-state index contributed by atoms with van der Waals surface area (Å²) in [6.45, 7) is 15.4. The molecule has 0 saturated carbocycles. The van der Waals surface area contributed by atoms with Crippen LogP contribution in [0.15, 0.2) is 207 Å². The second-order valence-corrected chi connectivity index (χ2v) is 17.5. The summed E-state index contributed by atoms with van der Waals surface area (Å²) in [5.41, 5.74) is 17.1. The first-order valence-electron chi connectivity index (χ1n) is 23.1. The molecule has 0 aliphatic rings. The zero-order chi connectivity index (χ0) is 48.9. The molecule has 8 nitrogen and oxygen atoms in total. The Labute approximate surface area is 414 Å². The molecule has 0 bridgehead atoms. The van der Waals surface area contributed by atoms with Gasteiger partial charge in [-0.25, -0.2) is 9.69 Å². The summed E-state index contributed by atoms with van der Waals surface area (Å²) in [5.74, 6) is 0. The SMILES string of the molecule is [C-]#[N+]c1cccc(-c2ccc3c(c2)c2cc(-c4cccc(C#N)c4)ccc2n3-c2cc(-c3ccncc3)c(-n3c4ccc(-c5cccc(C#N)c5)cc4c4cc(-c5cccc([N+]#[C-])c5)ccc43)cc2C#N)c1. The number of fused-ring (bicyclic) bond motifs is 6. The number of aromatic nitrogens is 3. The summed E-state index contributed by atoms with van der Waals surface area (Å²) in [5, 5.41) is 34.9. The van der Waals surface area contributed by atoms with Gasteiger partial charge in [0.05, 0.1) is 75.4 Å². The number of rotatable bonds is 7. The van der Waals surface area contributed by atoms with Gasteiger partial charge >= 0.3 is 0 Å². The molecule has 0 amide bonds. The Morgan fingerprint density at radius 2 is 0.750 bits per heavy atom. The molecule has 0 aliphatic heterocycles. The van der Waals surface area contributed by atoms with Gasteiger partial charge in [-0.1, -0.05) is 84.9 Å². The lowest BCUT2D eigenvalue weighted by atomic mass is 9.99. The third-order valence-electron chi connectivity index (χ3n) is 13.5. The zero-order valence-corrected chi connectivity index (χ0v) is 38.2. The summed E-state index contributed by atoms with van der Waals surface area (Å²) in [4.78, 5) is 11.8. The van der Waals surface area contributed by atoms with Crippen LogP contribution in [0.2, 0.25) is 0 Å². The lowest BCUT2D eigenvalue weighted by Crippen LogP contribution is -2.04. The third kappa shape index (κ3) is 7.17. The van der Waals surface area contributed by atoms with Gasteiger partial charge in [0.2, 0.25) is 0 Å². The van der Waals surface area contributed by atoms with Gasteiger partial charge < -0.3 is 9.13 Å². The highest BCUT2D eigenvalue weighted by Gasteiger charge is 2.23. The minimum atomic E-state index is 0.453. The predicted octanol–water partition coefficient (Wildman–Crippen LogP) is 16.3. The fourth-order valence-corrected chi connectivity index (χ4v) is 10.1. The van der Waals surface area contributed by atoms with Crippen LogP contribution in [0.1, 0.15) is 16.7 Å². The first kappa shape index (κ1) is 42.5. The van der Waals surface area contributed by atoms with Crippen molar-refractivity contribution in [3.8, 4) is 85.2 Å². The summed E-state index contributed by atoms with van der Waals surface area (Å²) in [6, 6.07) is 71.1. The van der Waals surface area contributed by atoms with Crippen molar-refractivity contribution in [3.05, 3.63) is 246 Å². The van der Waals surface area contributed by atoms with Crippen LogP contribution in [0.4, 0.5) is 11.4 Å². The maximum Gasteiger partial charge on any atom is 0.187 e. The Morgan fingerprint density at radius 3 is 1.15 bits per heavy atom. The zero-order valence-electron chi connectivity index (χ0n) is 38.2. The number of nitriles is 3. The van der Waals surface area contributed by atoms with Crippen molar-refractivity contribution in [3.63, 3.8) is 0 Å². The molecule has 0 saturated heterocycles. The van der Waals surface area contributed by atoms with Gasteiger partial charge in [0, 0.05) is 39.5 Å². The van der Waals surface area contributed by atoms with Crippen molar-refractivity contribution in [2.45, 2.75) is 0 Å². The molecule has 0 aliphatic carbocycles. The summed E-state index contributed by atoms with van der Waals surface area (Å²) in [7, 11) is 0. The van der Waals surface area contributed by atoms with Gasteiger partial charge in [0.25, 0.3) is 0 Å². The van der Waals surface area contributed by atoms with Crippen LogP contribution in [0.25, 0.3) is 120 Å². The number of hydrogen-bond donors (Lipinski definition) is 0. The molecule has 0 spiro atoms. The van der Waals surface area contributed by atoms with Crippen molar-refractivity contribution >= 4 is 55.0 Å². The van der Waals surface area contributed by atoms with E-state index in [2.05, 4.69) is 121 Å². The number of hydrogen-bond acceptors (Lipinski definition) is 4. The molecule has 12 rings (SSSR count). The van der Waals surface area contributed by atoms with Crippen LogP contribution in [-0.2, 0) is 0 Å². The van der Waals surface area contributed by atoms with Gasteiger partial charge in [0.1, 0.15) is 6.07 Å². The molecule has 72 heavy (non-hydrogen) atoms. The maximum atomic E-state index is 11.4. The van der Waals surface area contributed by atoms with Crippen molar-refractivity contribution in [1.82, 2.24) is 14.1 Å². The highest BCUT2D eigenvalue weighted by atomic mass is 15.0. The second kappa shape index (κ2) is 17.4. The standard InChI is InChI=1S/C64H34N8/c1-68-52-13-5-11-45(29-52)49-17-20-60-56(33-49)55-31-47(43-9-3-7-40(27-43)37-65)15-19-59(55)71(60)63-36-54(42-23-25-70-26-24-42)64(35-51(63)39-67)72-61-21-16-48(44-10-4-8-41(28-44)38-66)32-57(61)58-34-50(18-22-62(58)72)46-12-6-14-53(30-46)69-2/h3-36H. The topological polar surface area (TPSA) is 103 Å². The first-order valence-corrected chi connectivity index (χ1v) is 23.1. The van der Waals surface area contributed by atoms with Crippen LogP contribution >= 0.6 is 0 Å². The molecule has 0 unspecified atom stereocenters. The number of pyridine rings is 1. The highest BCUT2D eigenvalue weighted by Crippen LogP contribution is 2.44. The maximum absolute atomic E-state index is 11.4. The molecule has 0 radical (unpaired) electrons. The minimum Gasteiger partial charge on any atom is -0.309 e. The molecule has 0 atom stereocenters. The first-order chi connectivity index (χ1) is 35.4. The van der Waals surface area contributed by atoms with Gasteiger partial charge in [-0.05, 0) is 159 Å². The van der Waals surface area contributed by atoms with Crippen LogP contribution in [0.5, 0.6) is 0 Å². The molecular weight excluding hydrogens is 881 g/mol. The fraction of sp³-hybridized carbons (Fsp3) is 0. The molecular formula is C64H34N8. The van der Waals surface area contributed by atoms with Gasteiger partial charge in [0.15, 0.2) is 11.4 Å². The Bertz CT molecular complexity index is 4230. The van der Waals surface area contributed by atoms with E-state index in [0.717, 1.165) is 105 Å². The Morgan fingerprint density at radius 1 is 0.361 bits per heavy atom. The summed E-state index contributed by atoms with van der Waals surface area (Å²) < 4.78 is 4.40. The smallest absolute Gasteiger partial charge is 0.187 e. The largest absolute Gasteiger partial charge is 0.309 e. The Kier molecular flexibility index (Phi) is 10.3. The molecule has 3 aromatic heterocycles. The van der Waals surface area contributed by atoms with E-state index in [-0.39, 0.29) is 0 Å². The van der Waals surface area contributed by atoms with E-state index in [4.69, 9.17) is 13.1 Å². The molecule has 3 heterocycles. The molecule has 330 valence electrons. The lowest BCUT2D eigenvalue weighted by Gasteiger charge is -2.19. The molecule has 8 heteroatoms. The van der Waals surface area contributed by atoms with Crippen molar-refractivity contribution in [2.75, 3.05) is 0 Å². The van der Waals surface area contributed by atoms with Crippen LogP contribution in [-0.4, -0.2) is 14.1 Å². The summed E-state index contributed by atoms with van der Waals surface area (Å²) >= 11 is 0. The number of benzene rings is 9. The molecule has 0 N–H and O–H groups in total. The van der Waals surface area contributed by atoms with Crippen LogP contribution < -0.4 is 0 Å². The average Bonchev–Trinajstić information content (AvgIpc) is 3.96. The lowest BCUT2D eigenvalue weighted by molar-refractivity contribution is 1.13. The van der Waals surface area contributed by atoms with E-state index >= 15 is 0 Å². The van der Waals surface area contributed by atoms with Gasteiger partial charge in [-0.15, -0.1) is 0 Å². The van der Waals surface area contributed by atoms with Gasteiger partial charge in [-0.2, -0.15) is 15.8 Å². The molecule has 0 fully saturated rings. The van der Waals surface area contributed by atoms with Gasteiger partial charge in [-0.3, -0.25) is 4.98 Å². The van der Waals surface area contributed by atoms with Crippen LogP contribution in [0, 0.1) is 47.1 Å². The minimum absolute atomic E-state index is 0.453. The van der Waals surface area contributed by atoms with Crippen molar-refractivity contribution in [2.24, 2.45) is 0 Å². The van der Waals surface area contributed by atoms with E-state index in [0.29, 0.717) is 33.8 Å². The quantitative estimate of drug-likeness (QED) is 0.149. The molecule has 9 aromatic carbocycles. The van der Waals surface area contributed by atoms with Crippen molar-refractivity contribution < 1.29 is 0 Å². The van der Waals surface area contributed by atoms with Crippen molar-refractivity contribution in [1.29, 1.82) is 15.8 Å². The van der Waals surface area contributed by atoms with E-state index in [1.54, 1.807) is 30.6 Å². The Hall–Kier alpha value is -10.8. The van der Waals surface area contributed by atoms with Crippen LogP contribution in [0.3, 0.4) is 0 Å². The molecule has 12 aromatic rings. The monoisotopic (exact) mass is 914 g/mol. The average molecular weight is 915 g/mol. The number of nitrogens with zero attached hydrogens (tertiary/aromatic N) is 8. The second-order valence-electron chi connectivity index (χ2n) is 17.5. The summed E-state index contributed by atoms with van der Waals surface area (Å²) in [6.07, 6.45) is 3.56.